The maximum atomic E-state index is 5.35. The van der Waals surface area contributed by atoms with Crippen LogP contribution in [0.25, 0.3) is 0 Å². The average molecular weight is 89.2 g/mol. The molecule has 0 rings (SSSR count). The van der Waals surface area contributed by atoms with Crippen LogP contribution in [0.3, 0.4) is 0 Å². The third-order valence-electron chi connectivity index (χ3n) is 0.644. The molecule has 1 nitrogen and oxygen atoms in total. The van der Waals surface area contributed by atoms with Gasteiger partial charge in [0.1, 0.15) is 0 Å². The molecule has 0 aliphatic carbocycles. The Kier molecular flexibility index (Phi) is 2.50. The molecule has 0 aromatic heterocycles. The second kappa shape index (κ2) is 2.42. The molecule has 0 aromatic carbocycles. The summed E-state index contributed by atoms with van der Waals surface area (Å²) in [5.74, 6) is 0. The van der Waals surface area contributed by atoms with E-state index in [1.54, 1.807) is 0 Å². The second-order valence-electron chi connectivity index (χ2n) is 1.39. The first-order valence-electron chi connectivity index (χ1n) is 2.03. The summed E-state index contributed by atoms with van der Waals surface area (Å²) in [6.07, 6.45) is 1.15. The monoisotopic (exact) mass is 89.1 g/mol. The molecule has 2 N–H and O–H groups in total. The van der Waals surface area contributed by atoms with E-state index >= 15 is 0 Å². The van der Waals surface area contributed by atoms with E-state index < -0.39 is 0 Å². The van der Waals surface area contributed by atoms with Gasteiger partial charge >= 0.3 is 0 Å². The molecule has 0 radical (unpaired) electrons. The molecule has 2 heteroatoms. The minimum Gasteiger partial charge on any atom is -0.331 e. The van der Waals surface area contributed by atoms with Gasteiger partial charge in [-0.2, -0.15) is 0 Å². The Hall–Kier alpha value is 0.177. The molecule has 0 saturated carbocycles. The summed E-state index contributed by atoms with van der Waals surface area (Å²) < 4.78 is 0. The van der Waals surface area contributed by atoms with Gasteiger partial charge in [-0.15, -0.1) is 0 Å². The van der Waals surface area contributed by atoms with Crippen LogP contribution in [0.1, 0.15) is 13.3 Å². The Labute approximate surface area is 36.0 Å². The molecule has 0 aromatic rings. The molecular formula is C3H11NSi. The van der Waals surface area contributed by atoms with Crippen molar-refractivity contribution in [2.45, 2.75) is 19.0 Å². The molecule has 0 spiro atoms. The quantitative estimate of drug-likeness (QED) is 0.412. The molecule has 0 aliphatic heterocycles. The maximum absolute atomic E-state index is 5.35. The minimum absolute atomic E-state index is 0.523. The predicted octanol–water partition coefficient (Wildman–Crippen LogP) is -0.953. The van der Waals surface area contributed by atoms with Gasteiger partial charge in [0.2, 0.25) is 0 Å². The van der Waals surface area contributed by atoms with Crippen molar-refractivity contribution in [2.75, 3.05) is 0 Å². The van der Waals surface area contributed by atoms with Gasteiger partial charge in [-0.05, 0) is 12.1 Å². The Bertz CT molecular complexity index is 20.9. The lowest BCUT2D eigenvalue weighted by atomic mass is 10.5. The normalized spacial score (nSPS) is 15.6. The molecule has 0 aliphatic rings. The van der Waals surface area contributed by atoms with Gasteiger partial charge in [0.25, 0.3) is 0 Å². The van der Waals surface area contributed by atoms with Crippen LogP contribution in [0, 0.1) is 0 Å². The molecule has 32 valence electrons. The Morgan fingerprint density at radius 2 is 2.20 bits per heavy atom. The van der Waals surface area contributed by atoms with Gasteiger partial charge in [0.05, 0.1) is 0 Å². The smallest absolute Gasteiger partial charge is 0.0238 e. The van der Waals surface area contributed by atoms with Crippen molar-refractivity contribution in [3.63, 3.8) is 0 Å². The number of rotatable bonds is 1. The van der Waals surface area contributed by atoms with Gasteiger partial charge in [0.15, 0.2) is 0 Å². The highest BCUT2D eigenvalue weighted by molar-refractivity contribution is 6.11. The Morgan fingerprint density at radius 1 is 2.00 bits per heavy atom. The van der Waals surface area contributed by atoms with E-state index in [0.29, 0.717) is 5.67 Å². The van der Waals surface area contributed by atoms with Crippen molar-refractivity contribution in [1.29, 1.82) is 0 Å². The first kappa shape index (κ1) is 5.18. The van der Waals surface area contributed by atoms with Crippen LogP contribution < -0.4 is 5.73 Å². The van der Waals surface area contributed by atoms with E-state index in [2.05, 4.69) is 6.92 Å². The molecule has 1 atom stereocenters. The lowest BCUT2D eigenvalue weighted by Crippen LogP contribution is -2.17. The molecule has 0 amide bonds. The number of hydrogen-bond acceptors (Lipinski definition) is 1. The van der Waals surface area contributed by atoms with Crippen molar-refractivity contribution in [3.8, 4) is 0 Å². The van der Waals surface area contributed by atoms with E-state index in [4.69, 9.17) is 5.73 Å². The van der Waals surface area contributed by atoms with Crippen LogP contribution in [0.2, 0.25) is 0 Å². The van der Waals surface area contributed by atoms with Gasteiger partial charge < -0.3 is 5.73 Å². The van der Waals surface area contributed by atoms with Crippen LogP contribution in [0.5, 0.6) is 0 Å². The molecular weight excluding hydrogens is 78.1 g/mol. The fourth-order valence-electron chi connectivity index (χ4n) is 0. The second-order valence-corrected chi connectivity index (χ2v) is 2.87. The summed E-state index contributed by atoms with van der Waals surface area (Å²) in [7, 11) is 1.15. The van der Waals surface area contributed by atoms with Crippen molar-refractivity contribution in [2.24, 2.45) is 5.73 Å². The van der Waals surface area contributed by atoms with E-state index in [1.165, 1.54) is 0 Å². The predicted molar refractivity (Wildman–Crippen MR) is 28.2 cm³/mol. The van der Waals surface area contributed by atoms with E-state index in [1.807, 2.05) is 0 Å². The van der Waals surface area contributed by atoms with Crippen LogP contribution in [0.4, 0.5) is 0 Å². The van der Waals surface area contributed by atoms with Crippen molar-refractivity contribution in [1.82, 2.24) is 0 Å². The van der Waals surface area contributed by atoms with Crippen molar-refractivity contribution in [3.05, 3.63) is 0 Å². The highest BCUT2D eigenvalue weighted by Gasteiger charge is 1.79. The highest BCUT2D eigenvalue weighted by Crippen LogP contribution is 1.71. The third-order valence-corrected chi connectivity index (χ3v) is 1.46. The lowest BCUT2D eigenvalue weighted by molar-refractivity contribution is 0.856. The van der Waals surface area contributed by atoms with Crippen LogP contribution in [0.15, 0.2) is 0 Å². The molecule has 5 heavy (non-hydrogen) atoms. The van der Waals surface area contributed by atoms with Gasteiger partial charge in [-0.3, -0.25) is 0 Å². The fraction of sp³-hybridized carbons (Fsp3) is 1.00. The van der Waals surface area contributed by atoms with Crippen molar-refractivity contribution < 1.29 is 0 Å². The summed E-state index contributed by atoms with van der Waals surface area (Å²) in [6.45, 7) is 2.11. The molecule has 0 bridgehead atoms. The zero-order chi connectivity index (χ0) is 4.28. The molecule has 0 heterocycles. The maximum Gasteiger partial charge on any atom is 0.0238 e. The zero-order valence-electron chi connectivity index (χ0n) is 3.86. The highest BCUT2D eigenvalue weighted by atomic mass is 28.1. The first-order valence-corrected chi connectivity index (χ1v) is 3.18. The van der Waals surface area contributed by atoms with E-state index in [0.717, 1.165) is 16.7 Å². The minimum atomic E-state index is 0.523. The third kappa shape index (κ3) is 4.18. The molecule has 0 fully saturated rings. The summed E-state index contributed by atoms with van der Waals surface area (Å²) in [4.78, 5) is 0. The Morgan fingerprint density at radius 3 is 2.20 bits per heavy atom. The van der Waals surface area contributed by atoms with Crippen molar-refractivity contribution >= 4 is 10.2 Å². The van der Waals surface area contributed by atoms with Gasteiger partial charge in [-0.25, -0.2) is 0 Å². The first-order chi connectivity index (χ1) is 2.27. The van der Waals surface area contributed by atoms with Crippen LogP contribution in [-0.4, -0.2) is 15.9 Å². The summed E-state index contributed by atoms with van der Waals surface area (Å²) in [6, 6.07) is 0. The lowest BCUT2D eigenvalue weighted by Gasteiger charge is -1.91. The van der Waals surface area contributed by atoms with Gasteiger partial charge in [0, 0.05) is 10.2 Å². The summed E-state index contributed by atoms with van der Waals surface area (Å²) in [5.41, 5.74) is 5.88. The van der Waals surface area contributed by atoms with Gasteiger partial charge in [-0.1, -0.05) is 6.92 Å². The zero-order valence-corrected chi connectivity index (χ0v) is 5.86. The molecule has 1 unspecified atom stereocenters. The summed E-state index contributed by atoms with van der Waals surface area (Å²) >= 11 is 0. The standard InChI is InChI=1S/C3H11NSi/c1-2-3(4)5/h3H,2,4H2,1,5H3. The topological polar surface area (TPSA) is 26.0 Å². The van der Waals surface area contributed by atoms with Crippen LogP contribution in [-0.2, 0) is 0 Å². The SMILES string of the molecule is CCC(N)[SiH3]. The number of hydrogen-bond donors (Lipinski definition) is 1. The average Bonchev–Trinajstić information content (AvgIpc) is 1.38. The van der Waals surface area contributed by atoms with Crippen LogP contribution >= 0.6 is 0 Å². The fourth-order valence-corrected chi connectivity index (χ4v) is 0. The number of nitrogens with two attached hydrogens (primary N) is 1. The van der Waals surface area contributed by atoms with E-state index in [-0.39, 0.29) is 0 Å². The summed E-state index contributed by atoms with van der Waals surface area (Å²) in [5, 5.41) is 0. The Balaban J connectivity index is 2.54. The largest absolute Gasteiger partial charge is 0.331 e. The molecule has 0 saturated heterocycles. The van der Waals surface area contributed by atoms with E-state index in [9.17, 15) is 0 Å².